The van der Waals surface area contributed by atoms with Gasteiger partial charge in [0.2, 0.25) is 0 Å². The summed E-state index contributed by atoms with van der Waals surface area (Å²) in [4.78, 5) is 12.0. The molecule has 1 rings (SSSR count). The van der Waals surface area contributed by atoms with E-state index in [0.29, 0.717) is 0 Å². The Bertz CT molecular complexity index is 377. The van der Waals surface area contributed by atoms with Crippen LogP contribution in [0.2, 0.25) is 5.02 Å². The summed E-state index contributed by atoms with van der Waals surface area (Å²) in [6.45, 7) is 1.77. The van der Waals surface area contributed by atoms with Gasteiger partial charge in [0.1, 0.15) is 5.02 Å². The molecule has 76 valence electrons. The molecule has 0 amide bonds. The maximum Gasteiger partial charge on any atom is 0.288 e. The highest BCUT2D eigenvalue weighted by Gasteiger charge is 2.16. The van der Waals surface area contributed by atoms with Crippen LogP contribution in [0.15, 0.2) is 12.1 Å². The summed E-state index contributed by atoms with van der Waals surface area (Å²) >= 11 is 5.87. The Labute approximate surface area is 87.2 Å². The van der Waals surface area contributed by atoms with Crippen molar-refractivity contribution >= 4 is 23.0 Å². The molecule has 0 bridgehead atoms. The van der Waals surface area contributed by atoms with E-state index in [1.165, 1.54) is 6.07 Å². The summed E-state index contributed by atoms with van der Waals surface area (Å²) in [6.07, 6.45) is 0. The minimum atomic E-state index is -0.477. The molecule has 1 aromatic rings. The van der Waals surface area contributed by atoms with Gasteiger partial charge in [-0.25, -0.2) is 0 Å². The van der Waals surface area contributed by atoms with Gasteiger partial charge in [0.25, 0.3) is 5.69 Å². The van der Waals surface area contributed by atoms with Crippen LogP contribution < -0.4 is 4.90 Å². The summed E-state index contributed by atoms with van der Waals surface area (Å²) in [6, 6.07) is 3.12. The summed E-state index contributed by atoms with van der Waals surface area (Å²) in [5, 5.41) is 10.8. The summed E-state index contributed by atoms with van der Waals surface area (Å²) in [5.41, 5.74) is 1.57. The lowest BCUT2D eigenvalue weighted by atomic mass is 10.1. The average molecular weight is 215 g/mol. The van der Waals surface area contributed by atoms with E-state index in [-0.39, 0.29) is 10.7 Å². The van der Waals surface area contributed by atoms with Gasteiger partial charge >= 0.3 is 0 Å². The van der Waals surface area contributed by atoms with Crippen LogP contribution in [0.1, 0.15) is 5.56 Å². The maximum atomic E-state index is 10.6. The van der Waals surface area contributed by atoms with E-state index < -0.39 is 4.92 Å². The molecule has 0 aliphatic rings. The molecule has 4 nitrogen and oxygen atoms in total. The number of anilines is 1. The number of rotatable bonds is 2. The smallest absolute Gasteiger partial charge is 0.288 e. The zero-order chi connectivity index (χ0) is 10.9. The number of benzene rings is 1. The second-order valence-corrected chi connectivity index (χ2v) is 3.57. The second-order valence-electron chi connectivity index (χ2n) is 3.19. The van der Waals surface area contributed by atoms with Crippen LogP contribution in [0.5, 0.6) is 0 Å². The van der Waals surface area contributed by atoms with E-state index in [2.05, 4.69) is 0 Å². The van der Waals surface area contributed by atoms with E-state index >= 15 is 0 Å². The van der Waals surface area contributed by atoms with Crippen molar-refractivity contribution < 1.29 is 4.92 Å². The van der Waals surface area contributed by atoms with Crippen LogP contribution in [0, 0.1) is 17.0 Å². The number of nitro benzene ring substituents is 1. The molecule has 14 heavy (non-hydrogen) atoms. The van der Waals surface area contributed by atoms with E-state index in [9.17, 15) is 10.1 Å². The minimum absolute atomic E-state index is 0.0465. The molecule has 5 heteroatoms. The van der Waals surface area contributed by atoms with Crippen molar-refractivity contribution in [3.8, 4) is 0 Å². The Morgan fingerprint density at radius 2 is 2.00 bits per heavy atom. The quantitative estimate of drug-likeness (QED) is 0.562. The molecule has 0 atom stereocenters. The third-order valence-corrected chi connectivity index (χ3v) is 2.49. The number of halogens is 1. The maximum absolute atomic E-state index is 10.6. The van der Waals surface area contributed by atoms with Gasteiger partial charge in [-0.2, -0.15) is 0 Å². The van der Waals surface area contributed by atoms with Crippen molar-refractivity contribution in [3.05, 3.63) is 32.8 Å². The van der Waals surface area contributed by atoms with Crippen LogP contribution in [-0.4, -0.2) is 19.0 Å². The normalized spacial score (nSPS) is 10.0. The van der Waals surface area contributed by atoms with E-state index in [1.807, 2.05) is 19.0 Å². The molecule has 0 spiro atoms. The average Bonchev–Trinajstić information content (AvgIpc) is 2.08. The van der Waals surface area contributed by atoms with E-state index in [0.717, 1.165) is 11.3 Å². The molecule has 0 radical (unpaired) electrons. The second kappa shape index (κ2) is 3.84. The van der Waals surface area contributed by atoms with E-state index in [1.54, 1.807) is 13.0 Å². The van der Waals surface area contributed by atoms with Gasteiger partial charge in [-0.15, -0.1) is 0 Å². The Kier molecular flexibility index (Phi) is 2.96. The SMILES string of the molecule is Cc1c(N(C)C)ccc([N+](=O)[O-])c1Cl. The first-order chi connectivity index (χ1) is 6.45. The molecular formula is C9H11ClN2O2. The first-order valence-corrected chi connectivity index (χ1v) is 4.43. The predicted molar refractivity (Wildman–Crippen MR) is 57.2 cm³/mol. The third-order valence-electron chi connectivity index (χ3n) is 2.02. The first-order valence-electron chi connectivity index (χ1n) is 4.06. The molecule has 0 aliphatic heterocycles. The van der Waals surface area contributed by atoms with Gasteiger partial charge in [0.05, 0.1) is 4.92 Å². The first kappa shape index (κ1) is 10.8. The van der Waals surface area contributed by atoms with Gasteiger partial charge in [0.15, 0.2) is 0 Å². The highest BCUT2D eigenvalue weighted by molar-refractivity contribution is 6.33. The number of nitrogens with zero attached hydrogens (tertiary/aromatic N) is 2. The minimum Gasteiger partial charge on any atom is -0.377 e. The molecular weight excluding hydrogens is 204 g/mol. The number of nitro groups is 1. The van der Waals surface area contributed by atoms with Crippen molar-refractivity contribution in [2.75, 3.05) is 19.0 Å². The highest BCUT2D eigenvalue weighted by Crippen LogP contribution is 2.33. The Morgan fingerprint density at radius 1 is 1.43 bits per heavy atom. The van der Waals surface area contributed by atoms with Crippen molar-refractivity contribution in [1.29, 1.82) is 0 Å². The predicted octanol–water partition coefficient (Wildman–Crippen LogP) is 2.62. The fourth-order valence-corrected chi connectivity index (χ4v) is 1.51. The Balaban J connectivity index is 3.33. The molecule has 0 N–H and O–H groups in total. The van der Waals surface area contributed by atoms with Crippen LogP contribution in [0.4, 0.5) is 11.4 Å². The number of hydrogen-bond donors (Lipinski definition) is 0. The van der Waals surface area contributed by atoms with Gasteiger partial charge in [0, 0.05) is 25.8 Å². The fourth-order valence-electron chi connectivity index (χ4n) is 1.29. The molecule has 0 saturated carbocycles. The highest BCUT2D eigenvalue weighted by atomic mass is 35.5. The van der Waals surface area contributed by atoms with Gasteiger partial charge in [-0.3, -0.25) is 10.1 Å². The lowest BCUT2D eigenvalue weighted by Gasteiger charge is -2.15. The fraction of sp³-hybridized carbons (Fsp3) is 0.333. The summed E-state index contributed by atoms with van der Waals surface area (Å²) in [5.74, 6) is 0. The van der Waals surface area contributed by atoms with Gasteiger partial charge < -0.3 is 4.90 Å². The zero-order valence-corrected chi connectivity index (χ0v) is 9.00. The third kappa shape index (κ3) is 1.80. The molecule has 1 aromatic carbocycles. The lowest BCUT2D eigenvalue weighted by molar-refractivity contribution is -0.384. The molecule has 0 aliphatic carbocycles. The van der Waals surface area contributed by atoms with Crippen LogP contribution in [0.25, 0.3) is 0 Å². The van der Waals surface area contributed by atoms with Gasteiger partial charge in [-0.05, 0) is 18.6 Å². The van der Waals surface area contributed by atoms with Crippen LogP contribution in [0.3, 0.4) is 0 Å². The summed E-state index contributed by atoms with van der Waals surface area (Å²) in [7, 11) is 3.73. The molecule has 0 fully saturated rings. The van der Waals surface area contributed by atoms with Crippen molar-refractivity contribution in [2.24, 2.45) is 0 Å². The molecule has 0 saturated heterocycles. The molecule has 0 unspecified atom stereocenters. The Hall–Kier alpha value is -1.29. The molecule has 0 aromatic heterocycles. The Morgan fingerprint density at radius 3 is 2.43 bits per heavy atom. The van der Waals surface area contributed by atoms with Crippen molar-refractivity contribution in [2.45, 2.75) is 6.92 Å². The van der Waals surface area contributed by atoms with Gasteiger partial charge in [-0.1, -0.05) is 11.6 Å². The lowest BCUT2D eigenvalue weighted by Crippen LogP contribution is -2.10. The monoisotopic (exact) mass is 214 g/mol. The standard InChI is InChI=1S/C9H11ClN2O2/c1-6-7(11(2)3)4-5-8(9(6)10)12(13)14/h4-5H,1-3H3. The van der Waals surface area contributed by atoms with Crippen molar-refractivity contribution in [3.63, 3.8) is 0 Å². The summed E-state index contributed by atoms with van der Waals surface area (Å²) < 4.78 is 0. The zero-order valence-electron chi connectivity index (χ0n) is 8.24. The topological polar surface area (TPSA) is 46.4 Å². The number of hydrogen-bond acceptors (Lipinski definition) is 3. The largest absolute Gasteiger partial charge is 0.377 e. The van der Waals surface area contributed by atoms with Crippen LogP contribution >= 0.6 is 11.6 Å². The van der Waals surface area contributed by atoms with Crippen LogP contribution in [-0.2, 0) is 0 Å². The van der Waals surface area contributed by atoms with E-state index in [4.69, 9.17) is 11.6 Å². The van der Waals surface area contributed by atoms with Crippen molar-refractivity contribution in [1.82, 2.24) is 0 Å². The molecule has 0 heterocycles.